The van der Waals surface area contributed by atoms with Crippen molar-refractivity contribution in [3.05, 3.63) is 34.9 Å². The van der Waals surface area contributed by atoms with E-state index in [9.17, 15) is 4.39 Å². The third-order valence-corrected chi connectivity index (χ3v) is 2.61. The molecule has 0 bridgehead atoms. The third kappa shape index (κ3) is 3.90. The second-order valence-electron chi connectivity index (χ2n) is 4.29. The predicted molar refractivity (Wildman–Crippen MR) is 71.0 cm³/mol. The van der Waals surface area contributed by atoms with Gasteiger partial charge in [0.25, 0.3) is 0 Å². The number of rotatable bonds is 5. The van der Waals surface area contributed by atoms with Gasteiger partial charge >= 0.3 is 6.01 Å². The Morgan fingerprint density at radius 2 is 2.16 bits per heavy atom. The van der Waals surface area contributed by atoms with Gasteiger partial charge < -0.3 is 15.1 Å². The molecule has 1 aromatic carbocycles. The van der Waals surface area contributed by atoms with Crippen LogP contribution in [0.1, 0.15) is 19.7 Å². The van der Waals surface area contributed by atoms with E-state index >= 15 is 0 Å². The van der Waals surface area contributed by atoms with Crippen molar-refractivity contribution in [2.75, 3.05) is 5.32 Å². The van der Waals surface area contributed by atoms with Crippen molar-refractivity contribution in [3.63, 3.8) is 0 Å². The Morgan fingerprint density at radius 3 is 2.84 bits per heavy atom. The van der Waals surface area contributed by atoms with Crippen LogP contribution in [0.25, 0.3) is 0 Å². The molecule has 5 nitrogen and oxygen atoms in total. The summed E-state index contributed by atoms with van der Waals surface area (Å²) in [5, 5.41) is 14.0. The number of nitrogens with zero attached hydrogens (tertiary/aromatic N) is 2. The van der Waals surface area contributed by atoms with Crippen LogP contribution in [0.4, 0.5) is 16.1 Å². The molecule has 0 amide bonds. The minimum Gasteiger partial charge on any atom is -0.406 e. The fraction of sp³-hybridized carbons (Fsp3) is 0.333. The summed E-state index contributed by atoms with van der Waals surface area (Å²) in [5.74, 6) is 0.0670. The van der Waals surface area contributed by atoms with Crippen molar-refractivity contribution >= 4 is 23.3 Å². The molecule has 0 fully saturated rings. The van der Waals surface area contributed by atoms with Gasteiger partial charge in [0.15, 0.2) is 0 Å². The summed E-state index contributed by atoms with van der Waals surface area (Å²) in [5.41, 5.74) is 0.509. The first-order valence-corrected chi connectivity index (χ1v) is 6.20. The molecule has 0 spiro atoms. The lowest BCUT2D eigenvalue weighted by atomic mass is 10.3. The summed E-state index contributed by atoms with van der Waals surface area (Å²) in [4.78, 5) is 0. The van der Waals surface area contributed by atoms with Gasteiger partial charge in [-0.05, 0) is 18.2 Å². The molecule has 2 aromatic rings. The van der Waals surface area contributed by atoms with Crippen LogP contribution in [0.2, 0.25) is 5.02 Å². The van der Waals surface area contributed by atoms with Gasteiger partial charge in [-0.1, -0.05) is 30.5 Å². The number of aromatic nitrogens is 2. The van der Waals surface area contributed by atoms with Gasteiger partial charge in [-0.3, -0.25) is 0 Å². The van der Waals surface area contributed by atoms with E-state index < -0.39 is 5.82 Å². The highest BCUT2D eigenvalue weighted by molar-refractivity contribution is 6.33. The second-order valence-corrected chi connectivity index (χ2v) is 4.69. The number of halogens is 2. The van der Waals surface area contributed by atoms with Crippen molar-refractivity contribution in [3.8, 4) is 0 Å². The number of hydrogen-bond donors (Lipinski definition) is 2. The lowest BCUT2D eigenvalue weighted by Gasteiger charge is -2.04. The molecule has 0 radical (unpaired) electrons. The molecule has 2 N–H and O–H groups in total. The predicted octanol–water partition coefficient (Wildman–Crippen LogP) is 3.10. The van der Waals surface area contributed by atoms with Crippen LogP contribution in [0, 0.1) is 5.82 Å². The fourth-order valence-electron chi connectivity index (χ4n) is 1.37. The Morgan fingerprint density at radius 1 is 1.37 bits per heavy atom. The summed E-state index contributed by atoms with van der Waals surface area (Å²) in [6, 6.07) is 4.56. The van der Waals surface area contributed by atoms with Crippen LogP contribution in [0.5, 0.6) is 0 Å². The molecule has 1 heterocycles. The van der Waals surface area contributed by atoms with Crippen LogP contribution in [-0.2, 0) is 6.54 Å². The molecule has 0 aliphatic rings. The summed E-state index contributed by atoms with van der Waals surface area (Å²) >= 11 is 5.88. The fourth-order valence-corrected chi connectivity index (χ4v) is 1.59. The van der Waals surface area contributed by atoms with Crippen LogP contribution >= 0.6 is 11.6 Å². The maximum absolute atomic E-state index is 12.9. The largest absolute Gasteiger partial charge is 0.406 e. The van der Waals surface area contributed by atoms with E-state index in [1.165, 1.54) is 18.2 Å². The maximum atomic E-state index is 12.9. The zero-order chi connectivity index (χ0) is 13.8. The first-order valence-electron chi connectivity index (χ1n) is 5.82. The molecule has 0 saturated heterocycles. The standard InChI is InChI=1S/C12H14ClFN4O/c1-7(2)15-6-11-17-18-12(19-11)16-10-4-3-8(14)5-9(10)13/h3-5,7,15H,6H2,1-2H3,(H,16,18). The third-order valence-electron chi connectivity index (χ3n) is 2.30. The average molecular weight is 285 g/mol. The van der Waals surface area contributed by atoms with Crippen molar-refractivity contribution in [2.24, 2.45) is 0 Å². The minimum absolute atomic E-state index is 0.217. The lowest BCUT2D eigenvalue weighted by molar-refractivity contribution is 0.460. The Balaban J connectivity index is 2.03. The molecule has 0 atom stereocenters. The van der Waals surface area contributed by atoms with Crippen LogP contribution in [0.3, 0.4) is 0 Å². The van der Waals surface area contributed by atoms with Crippen molar-refractivity contribution in [2.45, 2.75) is 26.4 Å². The topological polar surface area (TPSA) is 63.0 Å². The monoisotopic (exact) mass is 284 g/mol. The number of hydrogen-bond acceptors (Lipinski definition) is 5. The van der Waals surface area contributed by atoms with Crippen LogP contribution in [-0.4, -0.2) is 16.2 Å². The summed E-state index contributed by atoms with van der Waals surface area (Å²) in [7, 11) is 0. The molecular weight excluding hydrogens is 271 g/mol. The van der Waals surface area contributed by atoms with Gasteiger partial charge in [-0.2, -0.15) is 0 Å². The Labute approximate surface area is 115 Å². The van der Waals surface area contributed by atoms with E-state index in [2.05, 4.69) is 20.8 Å². The smallest absolute Gasteiger partial charge is 0.320 e. The molecule has 19 heavy (non-hydrogen) atoms. The molecule has 7 heteroatoms. The van der Waals surface area contributed by atoms with E-state index in [1.54, 1.807) is 0 Å². The number of anilines is 2. The van der Waals surface area contributed by atoms with Gasteiger partial charge in [0.2, 0.25) is 5.89 Å². The van der Waals surface area contributed by atoms with E-state index in [0.29, 0.717) is 24.2 Å². The van der Waals surface area contributed by atoms with Gasteiger partial charge in [-0.15, -0.1) is 5.10 Å². The highest BCUT2D eigenvalue weighted by Gasteiger charge is 2.09. The first-order chi connectivity index (χ1) is 9.04. The Kier molecular flexibility index (Phi) is 4.34. The first kappa shape index (κ1) is 13.8. The molecule has 0 unspecified atom stereocenters. The zero-order valence-corrected chi connectivity index (χ0v) is 11.3. The second kappa shape index (κ2) is 5.99. The number of benzene rings is 1. The summed E-state index contributed by atoms with van der Waals surface area (Å²) in [6.07, 6.45) is 0. The molecule has 102 valence electrons. The average Bonchev–Trinajstić information content (AvgIpc) is 2.78. The van der Waals surface area contributed by atoms with Crippen molar-refractivity contribution < 1.29 is 8.81 Å². The van der Waals surface area contributed by atoms with Crippen molar-refractivity contribution in [1.82, 2.24) is 15.5 Å². The normalized spacial score (nSPS) is 11.0. The molecular formula is C12H14ClFN4O. The number of nitrogens with one attached hydrogen (secondary N) is 2. The maximum Gasteiger partial charge on any atom is 0.320 e. The Hall–Kier alpha value is -1.66. The molecule has 0 saturated carbocycles. The van der Waals surface area contributed by atoms with E-state index in [4.69, 9.17) is 16.0 Å². The van der Waals surface area contributed by atoms with E-state index in [0.717, 1.165) is 0 Å². The van der Waals surface area contributed by atoms with Crippen LogP contribution < -0.4 is 10.6 Å². The molecule has 2 rings (SSSR count). The van der Waals surface area contributed by atoms with Crippen molar-refractivity contribution in [1.29, 1.82) is 0 Å². The SMILES string of the molecule is CC(C)NCc1nnc(Nc2ccc(F)cc2Cl)o1. The molecule has 1 aromatic heterocycles. The van der Waals surface area contributed by atoms with Crippen LogP contribution in [0.15, 0.2) is 22.6 Å². The quantitative estimate of drug-likeness (QED) is 0.883. The minimum atomic E-state index is -0.400. The highest BCUT2D eigenvalue weighted by atomic mass is 35.5. The van der Waals surface area contributed by atoms with Gasteiger partial charge in [-0.25, -0.2) is 4.39 Å². The summed E-state index contributed by atoms with van der Waals surface area (Å²) in [6.45, 7) is 4.53. The van der Waals surface area contributed by atoms with Gasteiger partial charge in [0, 0.05) is 6.04 Å². The Bertz CT molecular complexity index is 558. The van der Waals surface area contributed by atoms with Gasteiger partial charge in [0.1, 0.15) is 5.82 Å². The highest BCUT2D eigenvalue weighted by Crippen LogP contribution is 2.25. The van der Waals surface area contributed by atoms with E-state index in [1.807, 2.05) is 13.8 Å². The molecule has 0 aliphatic carbocycles. The molecule has 0 aliphatic heterocycles. The lowest BCUT2D eigenvalue weighted by Crippen LogP contribution is -2.21. The van der Waals surface area contributed by atoms with Gasteiger partial charge in [0.05, 0.1) is 17.3 Å². The summed E-state index contributed by atoms with van der Waals surface area (Å²) < 4.78 is 18.3. The van der Waals surface area contributed by atoms with E-state index in [-0.39, 0.29) is 11.0 Å². The zero-order valence-electron chi connectivity index (χ0n) is 10.6.